The van der Waals surface area contributed by atoms with Crippen LogP contribution in [-0.4, -0.2) is 18.3 Å². The maximum Gasteiger partial charge on any atom is 0.125 e. The van der Waals surface area contributed by atoms with Gasteiger partial charge in [0.05, 0.1) is 6.61 Å². The lowest BCUT2D eigenvalue weighted by Gasteiger charge is -2.13. The topological polar surface area (TPSA) is 29.5 Å². The second-order valence-corrected chi connectivity index (χ2v) is 4.59. The van der Waals surface area contributed by atoms with Crippen LogP contribution in [0.3, 0.4) is 0 Å². The zero-order valence-corrected chi connectivity index (χ0v) is 11.3. The van der Waals surface area contributed by atoms with Gasteiger partial charge in [0.1, 0.15) is 12.4 Å². The molecule has 0 atom stereocenters. The Morgan fingerprint density at radius 1 is 1.12 bits per heavy atom. The Labute approximate surface area is 105 Å². The van der Waals surface area contributed by atoms with Gasteiger partial charge in [-0.15, -0.1) is 0 Å². The molecule has 0 aliphatic carbocycles. The number of aryl methyl sites for hydroxylation is 3. The van der Waals surface area contributed by atoms with E-state index in [9.17, 15) is 0 Å². The molecule has 17 heavy (non-hydrogen) atoms. The fourth-order valence-electron chi connectivity index (χ4n) is 2.14. The van der Waals surface area contributed by atoms with Crippen molar-refractivity contribution in [1.29, 1.82) is 0 Å². The zero-order valence-electron chi connectivity index (χ0n) is 11.3. The molecule has 0 aliphatic heterocycles. The zero-order chi connectivity index (χ0) is 12.7. The number of aliphatic hydroxyl groups is 1. The van der Waals surface area contributed by atoms with E-state index in [-0.39, 0.29) is 6.61 Å². The van der Waals surface area contributed by atoms with Crippen molar-refractivity contribution in [3.63, 3.8) is 0 Å². The van der Waals surface area contributed by atoms with Crippen molar-refractivity contribution >= 4 is 0 Å². The third-order valence-electron chi connectivity index (χ3n) is 2.93. The van der Waals surface area contributed by atoms with Gasteiger partial charge in [-0.2, -0.15) is 0 Å². The number of hydrogen-bond acceptors (Lipinski definition) is 2. The van der Waals surface area contributed by atoms with Crippen LogP contribution in [0, 0.1) is 13.8 Å². The summed E-state index contributed by atoms with van der Waals surface area (Å²) in [7, 11) is 0. The van der Waals surface area contributed by atoms with Crippen LogP contribution in [0.5, 0.6) is 5.75 Å². The lowest BCUT2D eigenvalue weighted by atomic mass is 10.0. The fraction of sp³-hybridized carbons (Fsp3) is 0.600. The van der Waals surface area contributed by atoms with Gasteiger partial charge in [0.15, 0.2) is 0 Å². The van der Waals surface area contributed by atoms with Gasteiger partial charge in [-0.3, -0.25) is 0 Å². The summed E-state index contributed by atoms with van der Waals surface area (Å²) in [4.78, 5) is 0. The molecule has 0 spiro atoms. The SMILES string of the molecule is CCCCCc1cc(C)c(OCCO)c(C)c1. The third-order valence-corrected chi connectivity index (χ3v) is 2.93. The molecular formula is C15H24O2. The van der Waals surface area contributed by atoms with E-state index in [0.717, 1.165) is 12.2 Å². The van der Waals surface area contributed by atoms with E-state index in [1.807, 2.05) is 0 Å². The molecule has 1 rings (SSSR count). The summed E-state index contributed by atoms with van der Waals surface area (Å²) in [6.45, 7) is 6.81. The summed E-state index contributed by atoms with van der Waals surface area (Å²) in [6, 6.07) is 4.41. The molecule has 0 heterocycles. The Hall–Kier alpha value is -1.02. The van der Waals surface area contributed by atoms with Crippen molar-refractivity contribution in [1.82, 2.24) is 0 Å². The Balaban J connectivity index is 2.71. The van der Waals surface area contributed by atoms with Crippen molar-refractivity contribution in [3.8, 4) is 5.75 Å². The van der Waals surface area contributed by atoms with Crippen molar-refractivity contribution in [2.24, 2.45) is 0 Å². The molecule has 0 fully saturated rings. The predicted molar refractivity (Wildman–Crippen MR) is 71.7 cm³/mol. The molecule has 96 valence electrons. The van der Waals surface area contributed by atoms with Gasteiger partial charge in [-0.05, 0) is 43.4 Å². The molecule has 0 aromatic heterocycles. The molecule has 2 heteroatoms. The maximum atomic E-state index is 8.78. The molecule has 1 aromatic carbocycles. The molecule has 1 aromatic rings. The summed E-state index contributed by atoms with van der Waals surface area (Å²) in [6.07, 6.45) is 4.96. The molecule has 0 radical (unpaired) electrons. The van der Waals surface area contributed by atoms with E-state index in [0.29, 0.717) is 6.61 Å². The van der Waals surface area contributed by atoms with Gasteiger partial charge in [0, 0.05) is 0 Å². The normalized spacial score (nSPS) is 10.6. The summed E-state index contributed by atoms with van der Waals surface area (Å²) >= 11 is 0. The van der Waals surface area contributed by atoms with Crippen molar-refractivity contribution in [2.75, 3.05) is 13.2 Å². The average molecular weight is 236 g/mol. The highest BCUT2D eigenvalue weighted by molar-refractivity contribution is 5.43. The number of aliphatic hydroxyl groups excluding tert-OH is 1. The molecule has 0 bridgehead atoms. The van der Waals surface area contributed by atoms with Gasteiger partial charge >= 0.3 is 0 Å². The quantitative estimate of drug-likeness (QED) is 0.735. The maximum absolute atomic E-state index is 8.78. The van der Waals surface area contributed by atoms with E-state index in [1.165, 1.54) is 36.0 Å². The highest BCUT2D eigenvalue weighted by Gasteiger charge is 2.06. The predicted octanol–water partition coefficient (Wildman–Crippen LogP) is 3.41. The lowest BCUT2D eigenvalue weighted by Crippen LogP contribution is -2.04. The van der Waals surface area contributed by atoms with E-state index in [2.05, 4.69) is 32.9 Å². The summed E-state index contributed by atoms with van der Waals surface area (Å²) in [5.41, 5.74) is 3.74. The number of hydrogen-bond donors (Lipinski definition) is 1. The van der Waals surface area contributed by atoms with E-state index >= 15 is 0 Å². The standard InChI is InChI=1S/C15H24O2/c1-4-5-6-7-14-10-12(2)15(13(3)11-14)17-9-8-16/h10-11,16H,4-9H2,1-3H3. The summed E-state index contributed by atoms with van der Waals surface area (Å²) in [5, 5.41) is 8.78. The second kappa shape index (κ2) is 7.33. The van der Waals surface area contributed by atoms with E-state index in [4.69, 9.17) is 9.84 Å². The molecule has 0 amide bonds. The van der Waals surface area contributed by atoms with Gasteiger partial charge in [-0.25, -0.2) is 0 Å². The lowest BCUT2D eigenvalue weighted by molar-refractivity contribution is 0.200. The molecule has 0 saturated carbocycles. The van der Waals surface area contributed by atoms with Crippen LogP contribution in [0.1, 0.15) is 42.9 Å². The number of ether oxygens (including phenoxy) is 1. The third kappa shape index (κ3) is 4.39. The highest BCUT2D eigenvalue weighted by Crippen LogP contribution is 2.25. The highest BCUT2D eigenvalue weighted by atomic mass is 16.5. The van der Waals surface area contributed by atoms with Gasteiger partial charge in [-0.1, -0.05) is 31.9 Å². The van der Waals surface area contributed by atoms with E-state index < -0.39 is 0 Å². The minimum Gasteiger partial charge on any atom is -0.491 e. The largest absolute Gasteiger partial charge is 0.491 e. The summed E-state index contributed by atoms with van der Waals surface area (Å²) < 4.78 is 5.55. The Morgan fingerprint density at radius 3 is 2.29 bits per heavy atom. The smallest absolute Gasteiger partial charge is 0.125 e. The minimum absolute atomic E-state index is 0.0666. The Bertz CT molecular complexity index is 322. The number of unbranched alkanes of at least 4 members (excludes halogenated alkanes) is 2. The van der Waals surface area contributed by atoms with Crippen molar-refractivity contribution < 1.29 is 9.84 Å². The summed E-state index contributed by atoms with van der Waals surface area (Å²) in [5.74, 6) is 0.929. The van der Waals surface area contributed by atoms with Crippen LogP contribution in [0.25, 0.3) is 0 Å². The average Bonchev–Trinajstić information content (AvgIpc) is 2.28. The number of rotatable bonds is 7. The Morgan fingerprint density at radius 2 is 1.76 bits per heavy atom. The minimum atomic E-state index is 0.0666. The fourth-order valence-corrected chi connectivity index (χ4v) is 2.14. The first-order chi connectivity index (χ1) is 8.19. The van der Waals surface area contributed by atoms with Crippen LogP contribution in [0.2, 0.25) is 0 Å². The monoisotopic (exact) mass is 236 g/mol. The molecule has 0 unspecified atom stereocenters. The first-order valence-corrected chi connectivity index (χ1v) is 6.52. The van der Waals surface area contributed by atoms with Crippen LogP contribution in [0.4, 0.5) is 0 Å². The number of benzene rings is 1. The van der Waals surface area contributed by atoms with Gasteiger partial charge in [0.2, 0.25) is 0 Å². The van der Waals surface area contributed by atoms with Crippen LogP contribution in [-0.2, 0) is 6.42 Å². The van der Waals surface area contributed by atoms with Crippen LogP contribution >= 0.6 is 0 Å². The molecule has 1 N–H and O–H groups in total. The molecule has 2 nitrogen and oxygen atoms in total. The second-order valence-electron chi connectivity index (χ2n) is 4.59. The molecule has 0 saturated heterocycles. The van der Waals surface area contributed by atoms with Crippen molar-refractivity contribution in [2.45, 2.75) is 46.5 Å². The molecular weight excluding hydrogens is 212 g/mol. The first-order valence-electron chi connectivity index (χ1n) is 6.52. The van der Waals surface area contributed by atoms with E-state index in [1.54, 1.807) is 0 Å². The van der Waals surface area contributed by atoms with Gasteiger partial charge in [0.25, 0.3) is 0 Å². The first kappa shape index (κ1) is 14.0. The van der Waals surface area contributed by atoms with Crippen molar-refractivity contribution in [3.05, 3.63) is 28.8 Å². The van der Waals surface area contributed by atoms with Crippen LogP contribution < -0.4 is 4.74 Å². The van der Waals surface area contributed by atoms with Crippen LogP contribution in [0.15, 0.2) is 12.1 Å². The van der Waals surface area contributed by atoms with Gasteiger partial charge < -0.3 is 9.84 Å². The molecule has 0 aliphatic rings. The Kier molecular flexibility index (Phi) is 6.06.